The lowest BCUT2D eigenvalue weighted by Crippen LogP contribution is -2.25. The van der Waals surface area contributed by atoms with E-state index in [9.17, 15) is 10.1 Å². The highest BCUT2D eigenvalue weighted by atomic mass is 35.5. The van der Waals surface area contributed by atoms with Crippen LogP contribution in [-0.2, 0) is 0 Å². The molecule has 1 unspecified atom stereocenters. The van der Waals surface area contributed by atoms with E-state index in [2.05, 4.69) is 33.0 Å². The summed E-state index contributed by atoms with van der Waals surface area (Å²) >= 11 is 5.76. The minimum Gasteiger partial charge on any atom is -0.379 e. The van der Waals surface area contributed by atoms with Crippen LogP contribution in [0.5, 0.6) is 0 Å². The molecular formula is C13H19ClN2O2. The Balaban J connectivity index is 2.82. The maximum Gasteiger partial charge on any atom is 0.293 e. The van der Waals surface area contributed by atoms with Gasteiger partial charge in [-0.3, -0.25) is 10.1 Å². The molecule has 0 aromatic heterocycles. The number of hydrogen-bond acceptors (Lipinski definition) is 3. The van der Waals surface area contributed by atoms with Crippen molar-refractivity contribution in [1.82, 2.24) is 0 Å². The topological polar surface area (TPSA) is 55.2 Å². The Kier molecular flexibility index (Phi) is 4.57. The Labute approximate surface area is 112 Å². The molecule has 4 nitrogen and oxygen atoms in total. The van der Waals surface area contributed by atoms with Crippen LogP contribution in [0.3, 0.4) is 0 Å². The predicted octanol–water partition coefficient (Wildman–Crippen LogP) is 4.34. The highest BCUT2D eigenvalue weighted by Crippen LogP contribution is 2.30. The van der Waals surface area contributed by atoms with Gasteiger partial charge in [-0.25, -0.2) is 0 Å². The average Bonchev–Trinajstić information content (AvgIpc) is 2.25. The summed E-state index contributed by atoms with van der Waals surface area (Å²) in [5.74, 6) is 0.396. The van der Waals surface area contributed by atoms with Gasteiger partial charge in [-0.15, -0.1) is 0 Å². The maximum absolute atomic E-state index is 10.9. The number of hydrogen-bond donors (Lipinski definition) is 1. The molecule has 1 N–H and O–H groups in total. The number of halogens is 1. The summed E-state index contributed by atoms with van der Waals surface area (Å²) in [6, 6.07) is 4.67. The molecule has 18 heavy (non-hydrogen) atoms. The van der Waals surface area contributed by atoms with Gasteiger partial charge in [-0.2, -0.15) is 0 Å². The molecule has 0 heterocycles. The van der Waals surface area contributed by atoms with E-state index in [4.69, 9.17) is 11.6 Å². The van der Waals surface area contributed by atoms with Crippen LogP contribution in [0.15, 0.2) is 18.2 Å². The zero-order valence-corrected chi connectivity index (χ0v) is 11.9. The van der Waals surface area contributed by atoms with Crippen molar-refractivity contribution in [3.8, 4) is 0 Å². The Morgan fingerprint density at radius 3 is 2.56 bits per heavy atom. The van der Waals surface area contributed by atoms with Crippen molar-refractivity contribution in [2.75, 3.05) is 11.9 Å². The number of anilines is 1. The average molecular weight is 271 g/mol. The van der Waals surface area contributed by atoms with Crippen LogP contribution >= 0.6 is 11.6 Å². The second-order valence-corrected chi connectivity index (χ2v) is 6.00. The molecule has 0 saturated heterocycles. The van der Waals surface area contributed by atoms with Crippen LogP contribution in [0.25, 0.3) is 0 Å². The van der Waals surface area contributed by atoms with Crippen molar-refractivity contribution in [3.05, 3.63) is 33.3 Å². The van der Waals surface area contributed by atoms with Gasteiger partial charge in [-0.05, 0) is 23.5 Å². The molecule has 1 aromatic carbocycles. The highest BCUT2D eigenvalue weighted by molar-refractivity contribution is 6.30. The third-order valence-electron chi connectivity index (χ3n) is 3.23. The summed E-state index contributed by atoms with van der Waals surface area (Å²) < 4.78 is 0. The van der Waals surface area contributed by atoms with E-state index in [1.54, 1.807) is 12.1 Å². The number of nitrogens with one attached hydrogen (secondary N) is 1. The SMILES string of the molecule is CC(CNc1ccc(Cl)cc1[N+](=O)[O-])C(C)(C)C. The zero-order chi connectivity index (χ0) is 13.9. The van der Waals surface area contributed by atoms with E-state index >= 15 is 0 Å². The van der Waals surface area contributed by atoms with Gasteiger partial charge >= 0.3 is 0 Å². The van der Waals surface area contributed by atoms with Crippen molar-refractivity contribution < 1.29 is 4.92 Å². The van der Waals surface area contributed by atoms with Crippen molar-refractivity contribution in [1.29, 1.82) is 0 Å². The molecule has 5 heteroatoms. The molecule has 0 saturated carbocycles. The zero-order valence-electron chi connectivity index (χ0n) is 11.2. The smallest absolute Gasteiger partial charge is 0.293 e. The van der Waals surface area contributed by atoms with Crippen molar-refractivity contribution in [3.63, 3.8) is 0 Å². The van der Waals surface area contributed by atoms with Crippen LogP contribution in [0, 0.1) is 21.4 Å². The van der Waals surface area contributed by atoms with E-state index < -0.39 is 4.92 Å². The summed E-state index contributed by atoms with van der Waals surface area (Å²) in [5.41, 5.74) is 0.693. The first-order valence-corrected chi connectivity index (χ1v) is 6.27. The predicted molar refractivity (Wildman–Crippen MR) is 75.2 cm³/mol. The second-order valence-electron chi connectivity index (χ2n) is 5.57. The lowest BCUT2D eigenvalue weighted by atomic mass is 9.82. The second kappa shape index (κ2) is 5.57. The number of benzene rings is 1. The van der Waals surface area contributed by atoms with Crippen molar-refractivity contribution in [2.24, 2.45) is 11.3 Å². The van der Waals surface area contributed by atoms with E-state index in [-0.39, 0.29) is 11.1 Å². The standard InChI is InChI=1S/C13H19ClN2O2/c1-9(13(2,3)4)8-15-11-6-5-10(14)7-12(11)16(17)18/h5-7,9,15H,8H2,1-4H3. The van der Waals surface area contributed by atoms with Gasteiger partial charge in [0.2, 0.25) is 0 Å². The summed E-state index contributed by atoms with van der Waals surface area (Å²) in [6.07, 6.45) is 0. The fourth-order valence-electron chi connectivity index (χ4n) is 1.37. The summed E-state index contributed by atoms with van der Waals surface area (Å²) in [7, 11) is 0. The lowest BCUT2D eigenvalue weighted by molar-refractivity contribution is -0.383. The third-order valence-corrected chi connectivity index (χ3v) is 3.47. The van der Waals surface area contributed by atoms with Crippen LogP contribution in [0.4, 0.5) is 11.4 Å². The van der Waals surface area contributed by atoms with E-state index in [0.717, 1.165) is 0 Å². The first kappa shape index (κ1) is 14.8. The minimum absolute atomic E-state index is 0.0172. The molecule has 100 valence electrons. The van der Waals surface area contributed by atoms with Gasteiger partial charge in [0, 0.05) is 17.6 Å². The van der Waals surface area contributed by atoms with Crippen LogP contribution in [-0.4, -0.2) is 11.5 Å². The van der Waals surface area contributed by atoms with Crippen molar-refractivity contribution in [2.45, 2.75) is 27.7 Å². The molecule has 0 bridgehead atoms. The highest BCUT2D eigenvalue weighted by Gasteiger charge is 2.21. The van der Waals surface area contributed by atoms with Gasteiger partial charge in [0.15, 0.2) is 0 Å². The van der Waals surface area contributed by atoms with Crippen LogP contribution in [0.1, 0.15) is 27.7 Å². The Morgan fingerprint density at radius 1 is 1.44 bits per heavy atom. The van der Waals surface area contributed by atoms with E-state index in [0.29, 0.717) is 23.2 Å². The van der Waals surface area contributed by atoms with Crippen LogP contribution < -0.4 is 5.32 Å². The molecule has 0 aliphatic carbocycles. The van der Waals surface area contributed by atoms with Gasteiger partial charge in [0.05, 0.1) is 4.92 Å². The Morgan fingerprint density at radius 2 is 2.06 bits per heavy atom. The van der Waals surface area contributed by atoms with Gasteiger partial charge in [-0.1, -0.05) is 39.3 Å². The van der Waals surface area contributed by atoms with Gasteiger partial charge in [0.1, 0.15) is 5.69 Å². The Hall–Kier alpha value is -1.29. The molecular weight excluding hydrogens is 252 g/mol. The Bertz CT molecular complexity index is 441. The summed E-state index contributed by atoms with van der Waals surface area (Å²) in [4.78, 5) is 10.5. The van der Waals surface area contributed by atoms with Gasteiger partial charge in [0.25, 0.3) is 5.69 Å². The van der Waals surface area contributed by atoms with Gasteiger partial charge < -0.3 is 5.32 Å². The molecule has 0 radical (unpaired) electrons. The monoisotopic (exact) mass is 270 g/mol. The van der Waals surface area contributed by atoms with Crippen molar-refractivity contribution >= 4 is 23.0 Å². The first-order valence-electron chi connectivity index (χ1n) is 5.89. The minimum atomic E-state index is -0.421. The van der Waals surface area contributed by atoms with E-state index in [1.807, 2.05) is 0 Å². The number of nitro benzene ring substituents is 1. The number of nitro groups is 1. The molecule has 0 amide bonds. The van der Waals surface area contributed by atoms with Crippen LogP contribution in [0.2, 0.25) is 5.02 Å². The molecule has 1 rings (SSSR count). The fourth-order valence-corrected chi connectivity index (χ4v) is 1.54. The molecule has 1 aromatic rings. The third kappa shape index (κ3) is 3.88. The molecule has 1 atom stereocenters. The fraction of sp³-hybridized carbons (Fsp3) is 0.538. The van der Waals surface area contributed by atoms with E-state index in [1.165, 1.54) is 6.07 Å². The quantitative estimate of drug-likeness (QED) is 0.654. The largest absolute Gasteiger partial charge is 0.379 e. The molecule has 0 fully saturated rings. The normalized spacial score (nSPS) is 13.2. The number of rotatable bonds is 4. The molecule has 0 spiro atoms. The first-order chi connectivity index (χ1) is 8.21. The molecule has 0 aliphatic heterocycles. The lowest BCUT2D eigenvalue weighted by Gasteiger charge is -2.27. The number of nitrogens with zero attached hydrogens (tertiary/aromatic N) is 1. The summed E-state index contributed by atoms with van der Waals surface area (Å²) in [6.45, 7) is 9.25. The molecule has 0 aliphatic rings. The summed E-state index contributed by atoms with van der Waals surface area (Å²) in [5, 5.41) is 14.4. The maximum atomic E-state index is 10.9.